The summed E-state index contributed by atoms with van der Waals surface area (Å²) in [7, 11) is 2.62. The van der Waals surface area contributed by atoms with Crippen LogP contribution in [0.25, 0.3) is 11.3 Å². The molecule has 0 radical (unpaired) electrons. The molecule has 0 bridgehead atoms. The van der Waals surface area contributed by atoms with Crippen LogP contribution >= 0.6 is 11.3 Å². The Morgan fingerprint density at radius 2 is 1.86 bits per heavy atom. The number of anilines is 1. The predicted molar refractivity (Wildman–Crippen MR) is 132 cm³/mol. The number of nitrogens with one attached hydrogen (secondary N) is 2. The van der Waals surface area contributed by atoms with Gasteiger partial charge in [-0.3, -0.25) is 0 Å². The van der Waals surface area contributed by atoms with Crippen LogP contribution in [-0.4, -0.2) is 42.7 Å². The molecule has 1 aliphatic heterocycles. The molecule has 2 aromatic carbocycles. The molecule has 182 valence electrons. The Kier molecular flexibility index (Phi) is 6.88. The molecular weight excluding hydrogens is 469 g/mol. The van der Waals surface area contributed by atoms with Gasteiger partial charge in [0.1, 0.15) is 5.82 Å². The van der Waals surface area contributed by atoms with Crippen molar-refractivity contribution in [2.24, 2.45) is 0 Å². The first-order chi connectivity index (χ1) is 16.8. The molecule has 3 atom stereocenters. The number of halogens is 1. The normalized spacial score (nSPS) is 21.7. The van der Waals surface area contributed by atoms with E-state index in [-0.39, 0.29) is 5.82 Å². The van der Waals surface area contributed by atoms with E-state index in [1.165, 1.54) is 37.7 Å². The van der Waals surface area contributed by atoms with Gasteiger partial charge >= 0.3 is 11.9 Å². The molecule has 3 aromatic rings. The Labute approximate surface area is 207 Å². The van der Waals surface area contributed by atoms with Gasteiger partial charge in [0.05, 0.1) is 37.4 Å². The summed E-state index contributed by atoms with van der Waals surface area (Å²) in [5, 5.41) is 8.78. The zero-order valence-electron chi connectivity index (χ0n) is 19.8. The number of allylic oxidation sites excluding steroid dienone is 1. The van der Waals surface area contributed by atoms with Gasteiger partial charge in [-0.25, -0.2) is 19.0 Å². The number of hydrogen-bond donors (Lipinski definition) is 2. The fourth-order valence-corrected chi connectivity index (χ4v) is 5.44. The molecule has 9 heteroatoms. The van der Waals surface area contributed by atoms with Gasteiger partial charge in [-0.2, -0.15) is 0 Å². The van der Waals surface area contributed by atoms with Crippen molar-refractivity contribution in [1.29, 1.82) is 0 Å². The van der Waals surface area contributed by atoms with E-state index >= 15 is 0 Å². The highest BCUT2D eigenvalue weighted by atomic mass is 32.1. The topological polar surface area (TPSA) is 89.5 Å². The standard InChI is InChI=1S/C26H26FN3O4S/c1-15-21(23(31)33-3)22(17-9-6-5-7-10-17)26(16(2)28-15,24(32)34-4)30-25-29-20(14-35-25)18-11-8-12-19(27)13-18/h5-14,16,22,28H,1-4H3,(H,29,30). The monoisotopic (exact) mass is 495 g/mol. The maximum Gasteiger partial charge on any atom is 0.336 e. The van der Waals surface area contributed by atoms with Crippen molar-refractivity contribution in [2.75, 3.05) is 19.5 Å². The summed E-state index contributed by atoms with van der Waals surface area (Å²) < 4.78 is 24.2. The molecule has 0 aliphatic carbocycles. The molecule has 2 heterocycles. The highest BCUT2D eigenvalue weighted by Crippen LogP contribution is 2.45. The maximum absolute atomic E-state index is 13.8. The lowest BCUT2D eigenvalue weighted by Crippen LogP contribution is -2.66. The van der Waals surface area contributed by atoms with Crippen LogP contribution in [0.3, 0.4) is 0 Å². The van der Waals surface area contributed by atoms with Crippen molar-refractivity contribution in [3.8, 4) is 11.3 Å². The largest absolute Gasteiger partial charge is 0.467 e. The molecule has 1 aromatic heterocycles. The molecule has 35 heavy (non-hydrogen) atoms. The van der Waals surface area contributed by atoms with Crippen molar-refractivity contribution in [2.45, 2.75) is 31.3 Å². The molecule has 7 nitrogen and oxygen atoms in total. The molecule has 3 unspecified atom stereocenters. The third kappa shape index (κ3) is 4.39. The third-order valence-corrected chi connectivity index (χ3v) is 7.02. The Morgan fingerprint density at radius 1 is 1.11 bits per heavy atom. The van der Waals surface area contributed by atoms with Crippen LogP contribution in [0.5, 0.6) is 0 Å². The summed E-state index contributed by atoms with van der Waals surface area (Å²) in [5.41, 5.74) is 1.39. The average Bonchev–Trinajstić information content (AvgIpc) is 3.33. The van der Waals surface area contributed by atoms with E-state index in [0.29, 0.717) is 27.7 Å². The minimum Gasteiger partial charge on any atom is -0.467 e. The van der Waals surface area contributed by atoms with E-state index in [2.05, 4.69) is 15.6 Å². The molecule has 0 amide bonds. The highest BCUT2D eigenvalue weighted by Gasteiger charge is 2.58. The molecular formula is C26H26FN3O4S. The SMILES string of the molecule is COC(=O)C1=C(C)NC(C)C(Nc2nc(-c3cccc(F)c3)cs2)(C(=O)OC)C1c1ccccc1. The summed E-state index contributed by atoms with van der Waals surface area (Å²) in [6, 6.07) is 14.9. The van der Waals surface area contributed by atoms with E-state index < -0.39 is 29.4 Å². The van der Waals surface area contributed by atoms with Gasteiger partial charge in [-0.05, 0) is 31.5 Å². The predicted octanol–water partition coefficient (Wildman–Crippen LogP) is 4.50. The van der Waals surface area contributed by atoms with Crippen LogP contribution in [0.4, 0.5) is 9.52 Å². The number of hydrogen-bond acceptors (Lipinski definition) is 8. The van der Waals surface area contributed by atoms with Gasteiger partial charge in [0, 0.05) is 16.6 Å². The van der Waals surface area contributed by atoms with Gasteiger partial charge < -0.3 is 20.1 Å². The fraction of sp³-hybridized carbons (Fsp3) is 0.269. The van der Waals surface area contributed by atoms with Crippen LogP contribution < -0.4 is 10.6 Å². The van der Waals surface area contributed by atoms with E-state index in [1.807, 2.05) is 37.3 Å². The van der Waals surface area contributed by atoms with Crippen molar-refractivity contribution in [1.82, 2.24) is 10.3 Å². The number of carbonyl (C=O) groups excluding carboxylic acids is 2. The summed E-state index contributed by atoms with van der Waals surface area (Å²) in [6.07, 6.45) is 0. The minimum atomic E-state index is -1.45. The van der Waals surface area contributed by atoms with E-state index in [1.54, 1.807) is 24.4 Å². The zero-order valence-corrected chi connectivity index (χ0v) is 20.6. The van der Waals surface area contributed by atoms with Gasteiger partial charge in [0.2, 0.25) is 0 Å². The summed E-state index contributed by atoms with van der Waals surface area (Å²) in [4.78, 5) is 31.2. The lowest BCUT2D eigenvalue weighted by atomic mass is 9.68. The van der Waals surface area contributed by atoms with Crippen LogP contribution in [-0.2, 0) is 19.1 Å². The Bertz CT molecular complexity index is 1280. The van der Waals surface area contributed by atoms with Crippen molar-refractivity contribution < 1.29 is 23.5 Å². The fourth-order valence-electron chi connectivity index (χ4n) is 4.65. The first-order valence-corrected chi connectivity index (χ1v) is 11.9. The lowest BCUT2D eigenvalue weighted by molar-refractivity contribution is -0.148. The van der Waals surface area contributed by atoms with Crippen molar-refractivity contribution in [3.05, 3.63) is 82.6 Å². The highest BCUT2D eigenvalue weighted by molar-refractivity contribution is 7.14. The third-order valence-electron chi connectivity index (χ3n) is 6.26. The minimum absolute atomic E-state index is 0.316. The number of ether oxygens (including phenoxy) is 2. The second-order valence-corrected chi connectivity index (χ2v) is 9.13. The number of carbonyl (C=O) groups is 2. The average molecular weight is 496 g/mol. The number of aromatic nitrogens is 1. The van der Waals surface area contributed by atoms with Crippen LogP contribution in [0.2, 0.25) is 0 Å². The number of methoxy groups -OCH3 is 2. The van der Waals surface area contributed by atoms with Crippen molar-refractivity contribution >= 4 is 28.4 Å². The number of esters is 2. The Balaban J connectivity index is 1.88. The number of nitrogens with zero attached hydrogens (tertiary/aromatic N) is 1. The summed E-state index contributed by atoms with van der Waals surface area (Å²) in [5.74, 6) is -2.23. The molecule has 0 fully saturated rings. The quantitative estimate of drug-likeness (QED) is 0.487. The van der Waals surface area contributed by atoms with E-state index in [4.69, 9.17) is 9.47 Å². The first kappa shape index (κ1) is 24.4. The second-order valence-electron chi connectivity index (χ2n) is 8.27. The molecule has 4 rings (SSSR count). The molecule has 0 spiro atoms. The molecule has 0 saturated heterocycles. The van der Waals surface area contributed by atoms with E-state index in [9.17, 15) is 14.0 Å². The first-order valence-electron chi connectivity index (χ1n) is 11.0. The number of rotatable bonds is 6. The smallest absolute Gasteiger partial charge is 0.336 e. The number of benzene rings is 2. The Hall–Kier alpha value is -3.72. The summed E-state index contributed by atoms with van der Waals surface area (Å²) >= 11 is 1.27. The summed E-state index contributed by atoms with van der Waals surface area (Å²) in [6.45, 7) is 3.63. The maximum atomic E-state index is 13.8. The van der Waals surface area contributed by atoms with Crippen LogP contribution in [0.15, 0.2) is 71.2 Å². The van der Waals surface area contributed by atoms with Gasteiger partial charge in [-0.1, -0.05) is 42.5 Å². The van der Waals surface area contributed by atoms with E-state index in [0.717, 1.165) is 5.56 Å². The van der Waals surface area contributed by atoms with Crippen molar-refractivity contribution in [3.63, 3.8) is 0 Å². The molecule has 0 saturated carbocycles. The Morgan fingerprint density at radius 3 is 2.51 bits per heavy atom. The van der Waals surface area contributed by atoms with Gasteiger partial charge in [0.25, 0.3) is 0 Å². The lowest BCUT2D eigenvalue weighted by Gasteiger charge is -2.47. The second kappa shape index (κ2) is 9.87. The molecule has 2 N–H and O–H groups in total. The van der Waals surface area contributed by atoms with Gasteiger partial charge in [0.15, 0.2) is 10.7 Å². The number of thiazole rings is 1. The molecule has 1 aliphatic rings. The van der Waals surface area contributed by atoms with Crippen LogP contribution in [0.1, 0.15) is 25.3 Å². The van der Waals surface area contributed by atoms with Gasteiger partial charge in [-0.15, -0.1) is 11.3 Å². The zero-order chi connectivity index (χ0) is 25.2. The van der Waals surface area contributed by atoms with Crippen LogP contribution in [0, 0.1) is 5.82 Å².